The maximum absolute atomic E-state index is 11.0. The zero-order valence-corrected chi connectivity index (χ0v) is 8.47. The Kier molecular flexibility index (Phi) is 2.59. The van der Waals surface area contributed by atoms with Crippen molar-refractivity contribution in [3.8, 4) is 11.3 Å². The van der Waals surface area contributed by atoms with Gasteiger partial charge in [0.15, 0.2) is 6.29 Å². The lowest BCUT2D eigenvalue weighted by atomic mass is 10.0. The summed E-state index contributed by atoms with van der Waals surface area (Å²) in [5.74, 6) is 0. The van der Waals surface area contributed by atoms with Crippen LogP contribution in [0.15, 0.2) is 42.6 Å². The number of aromatic nitrogens is 1. The summed E-state index contributed by atoms with van der Waals surface area (Å²) < 4.78 is 0. The smallest absolute Gasteiger partial charge is 0.152 e. The zero-order valence-electron chi connectivity index (χ0n) is 8.47. The first kappa shape index (κ1) is 9.59. The first-order valence-corrected chi connectivity index (χ1v) is 4.79. The third-order valence-corrected chi connectivity index (χ3v) is 2.37. The van der Waals surface area contributed by atoms with E-state index in [0.29, 0.717) is 5.56 Å². The van der Waals surface area contributed by atoms with Gasteiger partial charge in [0.25, 0.3) is 0 Å². The van der Waals surface area contributed by atoms with Crippen LogP contribution in [0.4, 0.5) is 0 Å². The zero-order chi connectivity index (χ0) is 10.7. The summed E-state index contributed by atoms with van der Waals surface area (Å²) in [6.45, 7) is 1.91. The highest BCUT2D eigenvalue weighted by Crippen LogP contribution is 2.21. The van der Waals surface area contributed by atoms with Crippen molar-refractivity contribution in [3.63, 3.8) is 0 Å². The Hall–Kier alpha value is -1.96. The largest absolute Gasteiger partial charge is 0.298 e. The van der Waals surface area contributed by atoms with Gasteiger partial charge in [-0.3, -0.25) is 9.78 Å². The van der Waals surface area contributed by atoms with Gasteiger partial charge in [-0.25, -0.2) is 0 Å². The minimum absolute atomic E-state index is 0.670. The summed E-state index contributed by atoms with van der Waals surface area (Å²) >= 11 is 0. The SMILES string of the molecule is Cc1ccnc(-c2ccccc2)c1C=O. The Labute approximate surface area is 88.6 Å². The van der Waals surface area contributed by atoms with E-state index in [4.69, 9.17) is 0 Å². The van der Waals surface area contributed by atoms with Gasteiger partial charge in [0.1, 0.15) is 0 Å². The summed E-state index contributed by atoms with van der Waals surface area (Å²) in [7, 11) is 0. The predicted octanol–water partition coefficient (Wildman–Crippen LogP) is 2.87. The van der Waals surface area contributed by atoms with Gasteiger partial charge in [-0.15, -0.1) is 0 Å². The summed E-state index contributed by atoms with van der Waals surface area (Å²) in [5, 5.41) is 0. The molecule has 1 heterocycles. The van der Waals surface area contributed by atoms with E-state index in [0.717, 1.165) is 23.1 Å². The van der Waals surface area contributed by atoms with Crippen LogP contribution < -0.4 is 0 Å². The average Bonchev–Trinajstić information content (AvgIpc) is 2.30. The normalized spacial score (nSPS) is 9.93. The molecule has 0 bridgehead atoms. The molecule has 0 N–H and O–H groups in total. The number of carbonyl (C=O) groups excluding carboxylic acids is 1. The molecule has 0 fully saturated rings. The quantitative estimate of drug-likeness (QED) is 0.693. The molecule has 0 saturated carbocycles. The van der Waals surface area contributed by atoms with Crippen molar-refractivity contribution in [2.45, 2.75) is 6.92 Å². The van der Waals surface area contributed by atoms with E-state index in [2.05, 4.69) is 4.98 Å². The second kappa shape index (κ2) is 4.05. The Balaban J connectivity index is 2.63. The van der Waals surface area contributed by atoms with Crippen LogP contribution in [0.1, 0.15) is 15.9 Å². The van der Waals surface area contributed by atoms with Gasteiger partial charge in [-0.1, -0.05) is 30.3 Å². The molecule has 0 aliphatic carbocycles. The Bertz CT molecular complexity index is 477. The first-order valence-electron chi connectivity index (χ1n) is 4.79. The number of hydrogen-bond donors (Lipinski definition) is 0. The maximum Gasteiger partial charge on any atom is 0.152 e. The first-order chi connectivity index (χ1) is 7.33. The fourth-order valence-corrected chi connectivity index (χ4v) is 1.54. The van der Waals surface area contributed by atoms with E-state index in [1.54, 1.807) is 6.20 Å². The molecule has 0 aliphatic heterocycles. The molecule has 74 valence electrons. The van der Waals surface area contributed by atoms with Crippen LogP contribution in [-0.2, 0) is 0 Å². The van der Waals surface area contributed by atoms with Crippen LogP contribution >= 0.6 is 0 Å². The number of carbonyl (C=O) groups is 1. The highest BCUT2D eigenvalue weighted by molar-refractivity contribution is 5.87. The number of hydrogen-bond acceptors (Lipinski definition) is 2. The van der Waals surface area contributed by atoms with Crippen LogP contribution in [0.2, 0.25) is 0 Å². The van der Waals surface area contributed by atoms with Gasteiger partial charge in [0.05, 0.1) is 5.69 Å². The minimum Gasteiger partial charge on any atom is -0.298 e. The average molecular weight is 197 g/mol. The van der Waals surface area contributed by atoms with Crippen molar-refractivity contribution in [1.82, 2.24) is 4.98 Å². The van der Waals surface area contributed by atoms with Crippen LogP contribution in [0.5, 0.6) is 0 Å². The fraction of sp³-hybridized carbons (Fsp3) is 0.0769. The topological polar surface area (TPSA) is 30.0 Å². The lowest BCUT2D eigenvalue weighted by molar-refractivity contribution is 0.112. The van der Waals surface area contributed by atoms with Gasteiger partial charge >= 0.3 is 0 Å². The second-order valence-electron chi connectivity index (χ2n) is 3.37. The number of aryl methyl sites for hydroxylation is 1. The molecular weight excluding hydrogens is 186 g/mol. The molecule has 0 atom stereocenters. The van der Waals surface area contributed by atoms with Crippen molar-refractivity contribution in [3.05, 3.63) is 53.7 Å². The number of benzene rings is 1. The molecule has 2 rings (SSSR count). The second-order valence-corrected chi connectivity index (χ2v) is 3.37. The highest BCUT2D eigenvalue weighted by Gasteiger charge is 2.07. The van der Waals surface area contributed by atoms with Crippen LogP contribution in [0.3, 0.4) is 0 Å². The number of aldehydes is 1. The van der Waals surface area contributed by atoms with Crippen LogP contribution in [0, 0.1) is 6.92 Å². The molecule has 0 unspecified atom stereocenters. The molecule has 2 nitrogen and oxygen atoms in total. The molecule has 2 heteroatoms. The monoisotopic (exact) mass is 197 g/mol. The van der Waals surface area contributed by atoms with E-state index < -0.39 is 0 Å². The van der Waals surface area contributed by atoms with Gasteiger partial charge < -0.3 is 0 Å². The third kappa shape index (κ3) is 1.79. The van der Waals surface area contributed by atoms with Crippen molar-refractivity contribution in [2.24, 2.45) is 0 Å². The van der Waals surface area contributed by atoms with Crippen molar-refractivity contribution in [2.75, 3.05) is 0 Å². The lowest BCUT2D eigenvalue weighted by Gasteiger charge is -2.05. The summed E-state index contributed by atoms with van der Waals surface area (Å²) in [5.41, 5.74) is 3.36. The van der Waals surface area contributed by atoms with Crippen LogP contribution in [0.25, 0.3) is 11.3 Å². The summed E-state index contributed by atoms with van der Waals surface area (Å²) in [6, 6.07) is 11.6. The highest BCUT2D eigenvalue weighted by atomic mass is 16.1. The molecular formula is C13H11NO. The maximum atomic E-state index is 11.0. The van der Waals surface area contributed by atoms with Gasteiger partial charge in [0.2, 0.25) is 0 Å². The molecule has 15 heavy (non-hydrogen) atoms. The van der Waals surface area contributed by atoms with E-state index in [1.807, 2.05) is 43.3 Å². The van der Waals surface area contributed by atoms with Crippen molar-refractivity contribution < 1.29 is 4.79 Å². The summed E-state index contributed by atoms with van der Waals surface area (Å²) in [6.07, 6.45) is 2.59. The predicted molar refractivity (Wildman–Crippen MR) is 59.8 cm³/mol. The van der Waals surface area contributed by atoms with Crippen LogP contribution in [-0.4, -0.2) is 11.3 Å². The van der Waals surface area contributed by atoms with E-state index in [9.17, 15) is 4.79 Å². The molecule has 1 aromatic heterocycles. The minimum atomic E-state index is 0.670. The van der Waals surface area contributed by atoms with Crippen molar-refractivity contribution in [1.29, 1.82) is 0 Å². The molecule has 0 saturated heterocycles. The van der Waals surface area contributed by atoms with E-state index in [1.165, 1.54) is 0 Å². The van der Waals surface area contributed by atoms with E-state index in [-0.39, 0.29) is 0 Å². The van der Waals surface area contributed by atoms with E-state index >= 15 is 0 Å². The lowest BCUT2D eigenvalue weighted by Crippen LogP contribution is -1.94. The number of rotatable bonds is 2. The Morgan fingerprint density at radius 2 is 1.87 bits per heavy atom. The Morgan fingerprint density at radius 3 is 2.53 bits per heavy atom. The standard InChI is InChI=1S/C13H11NO/c1-10-7-8-14-13(12(10)9-15)11-5-3-2-4-6-11/h2-9H,1H3. The molecule has 0 aliphatic rings. The van der Waals surface area contributed by atoms with Gasteiger partial charge in [-0.05, 0) is 18.6 Å². The molecule has 1 aromatic carbocycles. The third-order valence-electron chi connectivity index (χ3n) is 2.37. The number of nitrogens with zero attached hydrogens (tertiary/aromatic N) is 1. The molecule has 2 aromatic rings. The Morgan fingerprint density at radius 1 is 1.13 bits per heavy atom. The van der Waals surface area contributed by atoms with Gasteiger partial charge in [0, 0.05) is 17.3 Å². The van der Waals surface area contributed by atoms with Crippen molar-refractivity contribution >= 4 is 6.29 Å². The number of pyridine rings is 1. The molecule has 0 amide bonds. The van der Waals surface area contributed by atoms with Gasteiger partial charge in [-0.2, -0.15) is 0 Å². The molecule has 0 spiro atoms. The molecule has 0 radical (unpaired) electrons. The fourth-order valence-electron chi connectivity index (χ4n) is 1.54. The summed E-state index contributed by atoms with van der Waals surface area (Å²) in [4.78, 5) is 15.2.